The topological polar surface area (TPSA) is 29.5 Å². The summed E-state index contributed by atoms with van der Waals surface area (Å²) in [6.07, 6.45) is -0.559. The number of hydrogen-bond acceptors (Lipinski definition) is 2. The number of fused-ring (bicyclic) bond motifs is 1. The minimum atomic E-state index is -0.472. The van der Waals surface area contributed by atoms with E-state index in [0.29, 0.717) is 0 Å². The molecular weight excluding hydrogens is 224 g/mol. The van der Waals surface area contributed by atoms with E-state index in [1.165, 1.54) is 0 Å². The Morgan fingerprint density at radius 1 is 0.944 bits per heavy atom. The molecule has 2 nitrogen and oxygen atoms in total. The van der Waals surface area contributed by atoms with Crippen LogP contribution in [0.1, 0.15) is 30.3 Å². The van der Waals surface area contributed by atoms with Crippen LogP contribution in [-0.4, -0.2) is 5.11 Å². The van der Waals surface area contributed by atoms with E-state index in [1.807, 2.05) is 61.5 Å². The maximum Gasteiger partial charge on any atom is 0.129 e. The Kier molecular flexibility index (Phi) is 2.80. The third-order valence-corrected chi connectivity index (χ3v) is 3.60. The van der Waals surface area contributed by atoms with Crippen molar-refractivity contribution in [1.82, 2.24) is 0 Å². The molecule has 18 heavy (non-hydrogen) atoms. The summed E-state index contributed by atoms with van der Waals surface area (Å²) in [5.74, 6) is 0.833. The van der Waals surface area contributed by atoms with Crippen molar-refractivity contribution in [1.29, 1.82) is 0 Å². The van der Waals surface area contributed by atoms with Gasteiger partial charge in [-0.15, -0.1) is 0 Å². The molecule has 1 N–H and O–H groups in total. The first-order chi connectivity index (χ1) is 8.77. The molecule has 2 heteroatoms. The molecule has 0 amide bonds. The van der Waals surface area contributed by atoms with E-state index in [1.54, 1.807) is 0 Å². The van der Waals surface area contributed by atoms with E-state index in [2.05, 4.69) is 0 Å². The molecule has 2 aromatic carbocycles. The van der Waals surface area contributed by atoms with E-state index in [0.717, 1.165) is 16.9 Å². The first-order valence-corrected chi connectivity index (χ1v) is 6.26. The molecule has 0 saturated carbocycles. The van der Waals surface area contributed by atoms with Gasteiger partial charge in [-0.2, -0.15) is 0 Å². The summed E-state index contributed by atoms with van der Waals surface area (Å²) in [7, 11) is 0. The van der Waals surface area contributed by atoms with Crippen molar-refractivity contribution in [3.05, 3.63) is 65.7 Å². The first-order valence-electron chi connectivity index (χ1n) is 6.26. The second-order valence-electron chi connectivity index (χ2n) is 4.79. The number of benzene rings is 2. The van der Waals surface area contributed by atoms with E-state index in [-0.39, 0.29) is 12.0 Å². The Hall–Kier alpha value is -1.80. The lowest BCUT2D eigenvalue weighted by molar-refractivity contribution is 0.00765. The van der Waals surface area contributed by atoms with Crippen LogP contribution in [0, 0.1) is 5.92 Å². The third kappa shape index (κ3) is 1.79. The average Bonchev–Trinajstić information content (AvgIpc) is 2.44. The van der Waals surface area contributed by atoms with Gasteiger partial charge in [0.05, 0.1) is 6.10 Å². The van der Waals surface area contributed by atoms with Crippen LogP contribution in [0.5, 0.6) is 5.75 Å². The van der Waals surface area contributed by atoms with Gasteiger partial charge in [0.15, 0.2) is 0 Å². The molecule has 0 aromatic heterocycles. The zero-order valence-corrected chi connectivity index (χ0v) is 10.3. The van der Waals surface area contributed by atoms with Crippen LogP contribution in [0.15, 0.2) is 54.6 Å². The number of rotatable bonds is 1. The lowest BCUT2D eigenvalue weighted by atomic mass is 9.86. The van der Waals surface area contributed by atoms with Gasteiger partial charge in [-0.05, 0) is 11.6 Å². The summed E-state index contributed by atoms with van der Waals surface area (Å²) in [4.78, 5) is 0. The SMILES string of the molecule is C[C@H]1[C@@H](O)c2ccccc2O[C@H]1c1ccccc1. The predicted octanol–water partition coefficient (Wildman–Crippen LogP) is 3.49. The molecule has 0 unspecified atom stereocenters. The lowest BCUT2D eigenvalue weighted by Crippen LogP contribution is -2.27. The standard InChI is InChI=1S/C16H16O2/c1-11-15(17)13-9-5-6-10-14(13)18-16(11)12-7-3-2-4-8-12/h2-11,15-17H,1H3/t11-,15+,16+/m0/s1. The first kappa shape index (κ1) is 11.3. The van der Waals surface area contributed by atoms with Gasteiger partial charge in [-0.3, -0.25) is 0 Å². The zero-order chi connectivity index (χ0) is 12.5. The fraction of sp³-hybridized carbons (Fsp3) is 0.250. The molecule has 0 fully saturated rings. The molecule has 1 heterocycles. The van der Waals surface area contributed by atoms with Crippen LogP contribution < -0.4 is 4.74 Å². The van der Waals surface area contributed by atoms with Crippen molar-refractivity contribution < 1.29 is 9.84 Å². The molecule has 2 aromatic rings. The number of hydrogen-bond donors (Lipinski definition) is 1. The summed E-state index contributed by atoms with van der Waals surface area (Å²) in [6.45, 7) is 2.03. The van der Waals surface area contributed by atoms with E-state index >= 15 is 0 Å². The number of ether oxygens (including phenoxy) is 1. The second kappa shape index (κ2) is 4.46. The van der Waals surface area contributed by atoms with Crippen LogP contribution in [0.2, 0.25) is 0 Å². The van der Waals surface area contributed by atoms with E-state index in [4.69, 9.17) is 4.74 Å². The van der Waals surface area contributed by atoms with Gasteiger partial charge < -0.3 is 9.84 Å². The molecule has 3 atom stereocenters. The van der Waals surface area contributed by atoms with Gasteiger partial charge in [0, 0.05) is 11.5 Å². The molecule has 1 aliphatic heterocycles. The van der Waals surface area contributed by atoms with Crippen LogP contribution in [-0.2, 0) is 0 Å². The van der Waals surface area contributed by atoms with Gasteiger partial charge in [-0.1, -0.05) is 55.5 Å². The largest absolute Gasteiger partial charge is 0.485 e. The summed E-state index contributed by atoms with van der Waals surface area (Å²) in [5.41, 5.74) is 2.00. The Bertz CT molecular complexity index is 536. The fourth-order valence-corrected chi connectivity index (χ4v) is 2.54. The van der Waals surface area contributed by atoms with Crippen LogP contribution >= 0.6 is 0 Å². The fourth-order valence-electron chi connectivity index (χ4n) is 2.54. The molecular formula is C16H16O2. The highest BCUT2D eigenvalue weighted by Gasteiger charge is 2.34. The van der Waals surface area contributed by atoms with Crippen molar-refractivity contribution >= 4 is 0 Å². The van der Waals surface area contributed by atoms with Gasteiger partial charge >= 0.3 is 0 Å². The van der Waals surface area contributed by atoms with Crippen molar-refractivity contribution in [2.24, 2.45) is 5.92 Å². The van der Waals surface area contributed by atoms with Crippen LogP contribution in [0.4, 0.5) is 0 Å². The van der Waals surface area contributed by atoms with Crippen molar-refractivity contribution in [2.75, 3.05) is 0 Å². The highest BCUT2D eigenvalue weighted by Crippen LogP contribution is 2.44. The lowest BCUT2D eigenvalue weighted by Gasteiger charge is -2.35. The summed E-state index contributed by atoms with van der Waals surface area (Å²) < 4.78 is 6.04. The van der Waals surface area contributed by atoms with Gasteiger partial charge in [0.1, 0.15) is 11.9 Å². The summed E-state index contributed by atoms with van der Waals surface area (Å²) in [5, 5.41) is 10.4. The maximum absolute atomic E-state index is 10.4. The van der Waals surface area contributed by atoms with E-state index < -0.39 is 6.10 Å². The second-order valence-corrected chi connectivity index (χ2v) is 4.79. The van der Waals surface area contributed by atoms with Crippen LogP contribution in [0.25, 0.3) is 0 Å². The monoisotopic (exact) mass is 240 g/mol. The number of aliphatic hydroxyl groups is 1. The third-order valence-electron chi connectivity index (χ3n) is 3.60. The van der Waals surface area contributed by atoms with Crippen LogP contribution in [0.3, 0.4) is 0 Å². The normalized spacial score (nSPS) is 26.2. The predicted molar refractivity (Wildman–Crippen MR) is 70.4 cm³/mol. The molecule has 0 aliphatic carbocycles. The summed E-state index contributed by atoms with van der Waals surface area (Å²) >= 11 is 0. The molecule has 0 bridgehead atoms. The van der Waals surface area contributed by atoms with Gasteiger partial charge in [0.2, 0.25) is 0 Å². The average molecular weight is 240 g/mol. The van der Waals surface area contributed by atoms with Crippen molar-refractivity contribution in [3.8, 4) is 5.75 Å². The molecule has 92 valence electrons. The highest BCUT2D eigenvalue weighted by molar-refractivity contribution is 5.39. The van der Waals surface area contributed by atoms with Crippen molar-refractivity contribution in [3.63, 3.8) is 0 Å². The Morgan fingerprint density at radius 3 is 2.39 bits per heavy atom. The smallest absolute Gasteiger partial charge is 0.129 e. The molecule has 0 radical (unpaired) electrons. The zero-order valence-electron chi connectivity index (χ0n) is 10.3. The Labute approximate surface area is 107 Å². The molecule has 1 aliphatic rings. The maximum atomic E-state index is 10.4. The molecule has 0 saturated heterocycles. The van der Waals surface area contributed by atoms with Gasteiger partial charge in [-0.25, -0.2) is 0 Å². The molecule has 0 spiro atoms. The van der Waals surface area contributed by atoms with Gasteiger partial charge in [0.25, 0.3) is 0 Å². The minimum Gasteiger partial charge on any atom is -0.485 e. The Balaban J connectivity index is 2.01. The van der Waals surface area contributed by atoms with E-state index in [9.17, 15) is 5.11 Å². The number of para-hydroxylation sites is 1. The summed E-state index contributed by atoms with van der Waals surface area (Å²) in [6, 6.07) is 17.8. The quantitative estimate of drug-likeness (QED) is 0.826. The number of aliphatic hydroxyl groups excluding tert-OH is 1. The Morgan fingerprint density at radius 2 is 1.61 bits per heavy atom. The van der Waals surface area contributed by atoms with Crippen molar-refractivity contribution in [2.45, 2.75) is 19.1 Å². The highest BCUT2D eigenvalue weighted by atomic mass is 16.5. The molecule has 3 rings (SSSR count). The minimum absolute atomic E-state index is 0.0438.